The maximum Gasteiger partial charge on any atom is 0.310 e. The Morgan fingerprint density at radius 3 is 2.79 bits per heavy atom. The van der Waals surface area contributed by atoms with Crippen molar-refractivity contribution in [2.45, 2.75) is 31.6 Å². The van der Waals surface area contributed by atoms with Gasteiger partial charge in [0.05, 0.1) is 17.4 Å². The molecule has 8 nitrogen and oxygen atoms in total. The van der Waals surface area contributed by atoms with Crippen LogP contribution in [0.3, 0.4) is 0 Å². The highest BCUT2D eigenvalue weighted by atomic mass is 32.2. The molecule has 0 unspecified atom stereocenters. The quantitative estimate of drug-likeness (QED) is 0.453. The second kappa shape index (κ2) is 7.27. The fraction of sp³-hybridized carbons (Fsp3) is 0.533. The second-order valence-corrected chi connectivity index (χ2v) is 7.51. The van der Waals surface area contributed by atoms with Gasteiger partial charge in [-0.05, 0) is 32.3 Å². The van der Waals surface area contributed by atoms with Crippen molar-refractivity contribution in [1.29, 1.82) is 0 Å². The summed E-state index contributed by atoms with van der Waals surface area (Å²) in [4.78, 5) is 22.1. The normalized spacial score (nSPS) is 19.0. The second-order valence-electron chi connectivity index (χ2n) is 5.63. The summed E-state index contributed by atoms with van der Waals surface area (Å²) < 4.78 is 32.0. The molecule has 0 saturated carbocycles. The average Bonchev–Trinajstić information content (AvgIpc) is 2.54. The van der Waals surface area contributed by atoms with Crippen LogP contribution < -0.4 is 0 Å². The Bertz CT molecular complexity index is 746. The lowest BCUT2D eigenvalue weighted by molar-refractivity contribution is -0.387. The molecular formula is C15H20N2O6S. The van der Waals surface area contributed by atoms with Crippen molar-refractivity contribution in [2.75, 3.05) is 19.7 Å². The third-order valence-corrected chi connectivity index (χ3v) is 6.05. The summed E-state index contributed by atoms with van der Waals surface area (Å²) in [6, 6.07) is 4.14. The van der Waals surface area contributed by atoms with Crippen LogP contribution in [0.5, 0.6) is 0 Å². The molecule has 2 rings (SSSR count). The number of hydrogen-bond acceptors (Lipinski definition) is 6. The lowest BCUT2D eigenvalue weighted by Crippen LogP contribution is -2.43. The smallest absolute Gasteiger partial charge is 0.310 e. The molecule has 1 fully saturated rings. The fourth-order valence-corrected chi connectivity index (χ4v) is 4.74. The molecule has 0 aromatic heterocycles. The number of carbonyl (C=O) groups is 1. The van der Waals surface area contributed by atoms with E-state index >= 15 is 0 Å². The minimum Gasteiger partial charge on any atom is -0.466 e. The Hall–Kier alpha value is -2.00. The zero-order valence-corrected chi connectivity index (χ0v) is 14.4. The molecule has 0 amide bonds. The number of sulfonamides is 1. The number of esters is 1. The van der Waals surface area contributed by atoms with Gasteiger partial charge in [-0.25, -0.2) is 8.42 Å². The zero-order valence-electron chi connectivity index (χ0n) is 13.6. The molecule has 1 atom stereocenters. The lowest BCUT2D eigenvalue weighted by Gasteiger charge is -2.30. The predicted molar refractivity (Wildman–Crippen MR) is 85.9 cm³/mol. The number of hydrogen-bond donors (Lipinski definition) is 0. The summed E-state index contributed by atoms with van der Waals surface area (Å²) in [5.74, 6) is -0.978. The molecule has 1 aromatic rings. The maximum atomic E-state index is 12.9. The monoisotopic (exact) mass is 356 g/mol. The number of aryl methyl sites for hydroxylation is 1. The van der Waals surface area contributed by atoms with Crippen molar-refractivity contribution in [2.24, 2.45) is 5.92 Å². The van der Waals surface area contributed by atoms with Crippen LogP contribution in [0.25, 0.3) is 0 Å². The van der Waals surface area contributed by atoms with Crippen molar-refractivity contribution in [3.63, 3.8) is 0 Å². The third kappa shape index (κ3) is 3.57. The van der Waals surface area contributed by atoms with Gasteiger partial charge in [-0.2, -0.15) is 4.31 Å². The molecule has 1 aromatic carbocycles. The summed E-state index contributed by atoms with van der Waals surface area (Å²) in [5, 5.41) is 11.2. The fourth-order valence-electron chi connectivity index (χ4n) is 2.86. The van der Waals surface area contributed by atoms with Gasteiger partial charge in [0.15, 0.2) is 4.90 Å². The van der Waals surface area contributed by atoms with Gasteiger partial charge in [0, 0.05) is 19.2 Å². The van der Waals surface area contributed by atoms with Crippen molar-refractivity contribution < 1.29 is 22.9 Å². The number of piperidine rings is 1. The number of nitro benzene ring substituents is 1. The standard InChI is InChI=1S/C15H20N2O6S/c1-3-23-15(18)12-7-5-9-16(10-12)24(21,22)14-11(2)6-4-8-13(14)17(19)20/h4,6,8,12H,3,5,7,9-10H2,1-2H3/t12-/m1/s1. The molecular weight excluding hydrogens is 336 g/mol. The SMILES string of the molecule is CCOC(=O)[C@@H]1CCCN(S(=O)(=O)c2c(C)cccc2[N+](=O)[O-])C1. The molecule has 9 heteroatoms. The Kier molecular flexibility index (Phi) is 5.55. The molecule has 0 aliphatic carbocycles. The molecule has 1 aliphatic heterocycles. The molecule has 1 saturated heterocycles. The Labute approximate surface area is 140 Å². The molecule has 1 heterocycles. The number of benzene rings is 1. The first-order valence-corrected chi connectivity index (χ1v) is 9.13. The van der Waals surface area contributed by atoms with Crippen molar-refractivity contribution in [1.82, 2.24) is 4.31 Å². The highest BCUT2D eigenvalue weighted by Crippen LogP contribution is 2.32. The van der Waals surface area contributed by atoms with E-state index in [-0.39, 0.29) is 24.6 Å². The number of nitrogens with zero attached hydrogens (tertiary/aromatic N) is 2. The Morgan fingerprint density at radius 2 is 2.17 bits per heavy atom. The van der Waals surface area contributed by atoms with Crippen LogP contribution in [-0.4, -0.2) is 43.3 Å². The molecule has 24 heavy (non-hydrogen) atoms. The molecule has 0 bridgehead atoms. The van der Waals surface area contributed by atoms with Gasteiger partial charge in [-0.1, -0.05) is 12.1 Å². The molecule has 0 N–H and O–H groups in total. The first kappa shape index (κ1) is 18.3. The minimum atomic E-state index is -4.07. The molecule has 1 aliphatic rings. The van der Waals surface area contributed by atoms with Crippen LogP contribution in [0.15, 0.2) is 23.1 Å². The van der Waals surface area contributed by atoms with Gasteiger partial charge in [0.2, 0.25) is 10.0 Å². The van der Waals surface area contributed by atoms with Crippen LogP contribution in [0.2, 0.25) is 0 Å². The number of ether oxygens (including phenoxy) is 1. The predicted octanol–water partition coefficient (Wildman–Crippen LogP) is 1.87. The minimum absolute atomic E-state index is 0.0212. The maximum absolute atomic E-state index is 12.9. The Morgan fingerprint density at radius 1 is 1.46 bits per heavy atom. The molecule has 0 spiro atoms. The van der Waals surface area contributed by atoms with Crippen LogP contribution in [0.1, 0.15) is 25.3 Å². The van der Waals surface area contributed by atoms with E-state index in [1.807, 2.05) is 0 Å². The van der Waals surface area contributed by atoms with Crippen LogP contribution in [0, 0.1) is 23.0 Å². The van der Waals surface area contributed by atoms with E-state index in [1.165, 1.54) is 25.1 Å². The zero-order chi connectivity index (χ0) is 17.9. The van der Waals surface area contributed by atoms with Crippen molar-refractivity contribution in [3.8, 4) is 0 Å². The first-order chi connectivity index (χ1) is 11.3. The van der Waals surface area contributed by atoms with Crippen LogP contribution in [0.4, 0.5) is 5.69 Å². The molecule has 132 valence electrons. The van der Waals surface area contributed by atoms with Crippen molar-refractivity contribution in [3.05, 3.63) is 33.9 Å². The first-order valence-electron chi connectivity index (χ1n) is 7.69. The summed E-state index contributed by atoms with van der Waals surface area (Å²) in [6.07, 6.45) is 1.04. The third-order valence-electron chi connectivity index (χ3n) is 3.99. The number of nitro groups is 1. The highest BCUT2D eigenvalue weighted by molar-refractivity contribution is 7.89. The summed E-state index contributed by atoms with van der Waals surface area (Å²) in [5.41, 5.74) is -0.143. The van der Waals surface area contributed by atoms with Gasteiger partial charge in [-0.15, -0.1) is 0 Å². The number of carbonyl (C=O) groups excluding carboxylic acids is 1. The largest absolute Gasteiger partial charge is 0.466 e. The lowest BCUT2D eigenvalue weighted by atomic mass is 10.0. The van der Waals surface area contributed by atoms with Gasteiger partial charge >= 0.3 is 5.97 Å². The van der Waals surface area contributed by atoms with Gasteiger partial charge in [0.25, 0.3) is 5.69 Å². The van der Waals surface area contributed by atoms with Crippen LogP contribution >= 0.6 is 0 Å². The topological polar surface area (TPSA) is 107 Å². The van der Waals surface area contributed by atoms with Gasteiger partial charge in [-0.3, -0.25) is 14.9 Å². The van der Waals surface area contributed by atoms with E-state index in [0.717, 1.165) is 4.31 Å². The van der Waals surface area contributed by atoms with E-state index < -0.39 is 32.5 Å². The van der Waals surface area contributed by atoms with Crippen LogP contribution in [-0.2, 0) is 19.6 Å². The van der Waals surface area contributed by atoms with Gasteiger partial charge in [0.1, 0.15) is 0 Å². The Balaban J connectivity index is 2.37. The van der Waals surface area contributed by atoms with Crippen molar-refractivity contribution >= 4 is 21.7 Å². The summed E-state index contributed by atoms with van der Waals surface area (Å²) in [7, 11) is -4.07. The van der Waals surface area contributed by atoms with E-state index in [9.17, 15) is 23.3 Å². The average molecular weight is 356 g/mol. The van der Waals surface area contributed by atoms with E-state index in [2.05, 4.69) is 0 Å². The number of rotatable bonds is 5. The summed E-state index contributed by atoms with van der Waals surface area (Å²) in [6.45, 7) is 3.64. The molecule has 0 radical (unpaired) electrons. The highest BCUT2D eigenvalue weighted by Gasteiger charge is 2.38. The van der Waals surface area contributed by atoms with E-state index in [4.69, 9.17) is 4.74 Å². The van der Waals surface area contributed by atoms with E-state index in [0.29, 0.717) is 18.4 Å². The summed E-state index contributed by atoms with van der Waals surface area (Å²) >= 11 is 0. The van der Waals surface area contributed by atoms with Gasteiger partial charge < -0.3 is 4.74 Å². The van der Waals surface area contributed by atoms with E-state index in [1.54, 1.807) is 6.92 Å².